The zero-order valence-corrected chi connectivity index (χ0v) is 13.5. The van der Waals surface area contributed by atoms with E-state index in [2.05, 4.69) is 17.3 Å². The second kappa shape index (κ2) is 6.96. The molecule has 1 aliphatic carbocycles. The van der Waals surface area contributed by atoms with Crippen molar-refractivity contribution in [1.82, 2.24) is 15.1 Å². The van der Waals surface area contributed by atoms with Crippen molar-refractivity contribution in [2.45, 2.75) is 71.9 Å². The van der Waals surface area contributed by atoms with Gasteiger partial charge in [-0.05, 0) is 39.0 Å². The van der Waals surface area contributed by atoms with E-state index in [1.165, 1.54) is 32.1 Å². The minimum absolute atomic E-state index is 0.0765. The Kier molecular flexibility index (Phi) is 5.26. The third-order valence-corrected chi connectivity index (χ3v) is 4.66. The Morgan fingerprint density at radius 3 is 2.62 bits per heavy atom. The molecule has 0 aromatic carbocycles. The smallest absolute Gasteiger partial charge is 0.271 e. The normalized spacial score (nSPS) is 17.7. The Labute approximate surface area is 127 Å². The Hall–Kier alpha value is -1.52. The van der Waals surface area contributed by atoms with Gasteiger partial charge in [0, 0.05) is 12.6 Å². The van der Waals surface area contributed by atoms with Crippen LogP contribution < -0.4 is 11.1 Å². The van der Waals surface area contributed by atoms with Gasteiger partial charge in [-0.15, -0.1) is 0 Å². The van der Waals surface area contributed by atoms with E-state index in [0.29, 0.717) is 23.8 Å². The van der Waals surface area contributed by atoms with Gasteiger partial charge in [0.2, 0.25) is 0 Å². The summed E-state index contributed by atoms with van der Waals surface area (Å²) in [5.74, 6) is 0.528. The lowest BCUT2D eigenvalue weighted by Gasteiger charge is -2.30. The highest BCUT2D eigenvalue weighted by atomic mass is 16.2. The second-order valence-corrected chi connectivity index (χ2v) is 6.05. The number of aryl methyl sites for hydroxylation is 2. The van der Waals surface area contributed by atoms with E-state index in [1.54, 1.807) is 4.68 Å². The van der Waals surface area contributed by atoms with E-state index in [-0.39, 0.29) is 11.9 Å². The summed E-state index contributed by atoms with van der Waals surface area (Å²) in [5.41, 5.74) is 7.79. The van der Waals surface area contributed by atoms with Crippen molar-refractivity contribution in [2.24, 2.45) is 5.92 Å². The summed E-state index contributed by atoms with van der Waals surface area (Å²) in [6, 6.07) is 0.248. The summed E-state index contributed by atoms with van der Waals surface area (Å²) in [6.45, 7) is 6.62. The first kappa shape index (κ1) is 15.9. The maximum absolute atomic E-state index is 12.6. The number of hydrogen-bond donors (Lipinski definition) is 2. The number of nitrogens with two attached hydrogens (primary N) is 1. The maximum atomic E-state index is 12.6. The zero-order valence-electron chi connectivity index (χ0n) is 13.5. The Morgan fingerprint density at radius 1 is 1.38 bits per heavy atom. The molecule has 3 N–H and O–H groups in total. The predicted molar refractivity (Wildman–Crippen MR) is 85.2 cm³/mol. The number of aromatic nitrogens is 2. The third kappa shape index (κ3) is 3.39. The molecule has 21 heavy (non-hydrogen) atoms. The number of nitrogens with one attached hydrogen (secondary N) is 1. The van der Waals surface area contributed by atoms with Crippen molar-refractivity contribution >= 4 is 11.6 Å². The number of nitrogen functional groups attached to an aromatic ring is 1. The Bertz CT molecular complexity index is 489. The number of hydrogen-bond acceptors (Lipinski definition) is 3. The SMILES string of the molecule is CCC(NC(=O)c1c(N)c(C)nn1CC)C1CCCCC1. The minimum Gasteiger partial charge on any atom is -0.395 e. The van der Waals surface area contributed by atoms with Crippen LogP contribution in [0.25, 0.3) is 0 Å². The molecular formula is C16H28N4O. The molecule has 1 aromatic rings. The monoisotopic (exact) mass is 292 g/mol. The molecule has 5 heteroatoms. The van der Waals surface area contributed by atoms with E-state index in [0.717, 1.165) is 12.1 Å². The molecule has 0 aliphatic heterocycles. The standard InChI is InChI=1S/C16H28N4O/c1-4-13(12-9-7-6-8-10-12)18-16(21)15-14(17)11(3)19-20(15)5-2/h12-13H,4-10,17H2,1-3H3,(H,18,21). The van der Waals surface area contributed by atoms with Crippen LogP contribution in [-0.2, 0) is 6.54 Å². The molecule has 1 atom stereocenters. The van der Waals surface area contributed by atoms with E-state index < -0.39 is 0 Å². The first-order valence-electron chi connectivity index (χ1n) is 8.22. The molecule has 1 amide bonds. The summed E-state index contributed by atoms with van der Waals surface area (Å²) in [5, 5.41) is 7.53. The van der Waals surface area contributed by atoms with Crippen LogP contribution in [0, 0.1) is 12.8 Å². The van der Waals surface area contributed by atoms with Crippen molar-refractivity contribution in [3.63, 3.8) is 0 Å². The molecule has 1 saturated carbocycles. The van der Waals surface area contributed by atoms with E-state index in [1.807, 2.05) is 13.8 Å². The lowest BCUT2D eigenvalue weighted by atomic mass is 9.83. The molecule has 1 fully saturated rings. The second-order valence-electron chi connectivity index (χ2n) is 6.05. The zero-order chi connectivity index (χ0) is 15.4. The lowest BCUT2D eigenvalue weighted by Crippen LogP contribution is -2.41. The van der Waals surface area contributed by atoms with E-state index in [4.69, 9.17) is 5.73 Å². The van der Waals surface area contributed by atoms with Crippen molar-refractivity contribution in [1.29, 1.82) is 0 Å². The highest BCUT2D eigenvalue weighted by molar-refractivity contribution is 5.98. The van der Waals surface area contributed by atoms with Crippen molar-refractivity contribution < 1.29 is 4.79 Å². The Morgan fingerprint density at radius 2 is 2.05 bits per heavy atom. The van der Waals surface area contributed by atoms with Crippen LogP contribution in [0.3, 0.4) is 0 Å². The van der Waals surface area contributed by atoms with Crippen molar-refractivity contribution in [2.75, 3.05) is 5.73 Å². The van der Waals surface area contributed by atoms with Gasteiger partial charge >= 0.3 is 0 Å². The van der Waals surface area contributed by atoms with Crippen LogP contribution in [0.15, 0.2) is 0 Å². The molecule has 118 valence electrons. The van der Waals surface area contributed by atoms with Crippen LogP contribution in [0.2, 0.25) is 0 Å². The summed E-state index contributed by atoms with van der Waals surface area (Å²) in [7, 11) is 0. The molecule has 1 heterocycles. The van der Waals surface area contributed by atoms with Crippen LogP contribution in [-0.4, -0.2) is 21.7 Å². The largest absolute Gasteiger partial charge is 0.395 e. The average molecular weight is 292 g/mol. The van der Waals surface area contributed by atoms with Gasteiger partial charge in [0.15, 0.2) is 0 Å². The fraction of sp³-hybridized carbons (Fsp3) is 0.750. The molecule has 0 radical (unpaired) electrons. The first-order valence-corrected chi connectivity index (χ1v) is 8.22. The van der Waals surface area contributed by atoms with E-state index in [9.17, 15) is 4.79 Å². The molecule has 2 rings (SSSR count). The molecule has 0 bridgehead atoms. The quantitative estimate of drug-likeness (QED) is 0.876. The number of carbonyl (C=O) groups is 1. The molecule has 0 saturated heterocycles. The molecule has 0 spiro atoms. The van der Waals surface area contributed by atoms with E-state index >= 15 is 0 Å². The van der Waals surface area contributed by atoms with Gasteiger partial charge < -0.3 is 11.1 Å². The molecule has 1 aromatic heterocycles. The molecule has 1 unspecified atom stereocenters. The number of nitrogens with zero attached hydrogens (tertiary/aromatic N) is 2. The highest BCUT2D eigenvalue weighted by Crippen LogP contribution is 2.28. The fourth-order valence-electron chi connectivity index (χ4n) is 3.39. The van der Waals surface area contributed by atoms with Gasteiger partial charge in [0.1, 0.15) is 5.69 Å². The van der Waals surface area contributed by atoms with Crippen molar-refractivity contribution in [3.05, 3.63) is 11.4 Å². The van der Waals surface area contributed by atoms with Gasteiger partial charge in [-0.1, -0.05) is 26.2 Å². The van der Waals surface area contributed by atoms with Crippen LogP contribution in [0.5, 0.6) is 0 Å². The fourth-order valence-corrected chi connectivity index (χ4v) is 3.39. The number of rotatable bonds is 5. The average Bonchev–Trinajstić information content (AvgIpc) is 2.80. The van der Waals surface area contributed by atoms with Crippen molar-refractivity contribution in [3.8, 4) is 0 Å². The van der Waals surface area contributed by atoms with Gasteiger partial charge in [-0.25, -0.2) is 0 Å². The molecule has 1 aliphatic rings. The van der Waals surface area contributed by atoms with Crippen LogP contribution in [0.4, 0.5) is 5.69 Å². The topological polar surface area (TPSA) is 72.9 Å². The lowest BCUT2D eigenvalue weighted by molar-refractivity contribution is 0.0901. The van der Waals surface area contributed by atoms with Gasteiger partial charge in [-0.2, -0.15) is 5.10 Å². The number of amides is 1. The number of anilines is 1. The summed E-state index contributed by atoms with van der Waals surface area (Å²) < 4.78 is 1.70. The van der Waals surface area contributed by atoms with Gasteiger partial charge in [0.05, 0.1) is 11.4 Å². The summed E-state index contributed by atoms with van der Waals surface area (Å²) in [6.07, 6.45) is 7.31. The number of carbonyl (C=O) groups excluding carboxylic acids is 1. The summed E-state index contributed by atoms with van der Waals surface area (Å²) in [4.78, 5) is 12.6. The third-order valence-electron chi connectivity index (χ3n) is 4.66. The Balaban J connectivity index is 2.12. The maximum Gasteiger partial charge on any atom is 0.271 e. The van der Waals surface area contributed by atoms with Gasteiger partial charge in [0.25, 0.3) is 5.91 Å². The molecular weight excluding hydrogens is 264 g/mol. The highest BCUT2D eigenvalue weighted by Gasteiger charge is 2.26. The first-order chi connectivity index (χ1) is 10.1. The van der Waals surface area contributed by atoms with Crippen LogP contribution in [0.1, 0.15) is 68.6 Å². The molecule has 5 nitrogen and oxygen atoms in total. The summed E-state index contributed by atoms with van der Waals surface area (Å²) >= 11 is 0. The predicted octanol–water partition coefficient (Wildman–Crippen LogP) is 2.88. The van der Waals surface area contributed by atoms with Gasteiger partial charge in [-0.3, -0.25) is 9.48 Å². The minimum atomic E-state index is -0.0765. The van der Waals surface area contributed by atoms with Crippen LogP contribution >= 0.6 is 0 Å².